The molecule has 228 valence electrons. The van der Waals surface area contributed by atoms with Gasteiger partial charge in [-0.25, -0.2) is 19.3 Å². The van der Waals surface area contributed by atoms with Crippen LogP contribution in [0.2, 0.25) is 0 Å². The van der Waals surface area contributed by atoms with Gasteiger partial charge in [0.05, 0.1) is 25.2 Å². The molecule has 2 aliphatic rings. The molecule has 3 atom stereocenters. The summed E-state index contributed by atoms with van der Waals surface area (Å²) in [6.07, 6.45) is 3.37. The number of hydrogen-bond acceptors (Lipinski definition) is 11. The third-order valence-corrected chi connectivity index (χ3v) is 7.31. The van der Waals surface area contributed by atoms with Gasteiger partial charge >= 0.3 is 12.2 Å². The van der Waals surface area contributed by atoms with E-state index in [1.807, 2.05) is 33.0 Å². The minimum absolute atomic E-state index is 0.00758. The Labute approximate surface area is 244 Å². The SMILES string of the molecule is CCOC(=O)OCn1nc(Nc2nccc3c(OCC4CCOC4)nn(C)c23)cc1C1CCC(OC(=O)NC(C)C)C1. The molecule has 42 heavy (non-hydrogen) atoms. The Bertz CT molecular complexity index is 1380. The monoisotopic (exact) mass is 585 g/mol. The molecule has 1 aliphatic carbocycles. The van der Waals surface area contributed by atoms with Crippen LogP contribution < -0.4 is 15.4 Å². The number of nitrogens with zero attached hydrogens (tertiary/aromatic N) is 5. The van der Waals surface area contributed by atoms with E-state index in [0.717, 1.165) is 36.0 Å². The lowest BCUT2D eigenvalue weighted by atomic mass is 10.0. The first-order valence-electron chi connectivity index (χ1n) is 14.4. The van der Waals surface area contributed by atoms with Crippen LogP contribution in [0, 0.1) is 5.92 Å². The Morgan fingerprint density at radius 2 is 2.05 bits per heavy atom. The van der Waals surface area contributed by atoms with Crippen molar-refractivity contribution >= 4 is 34.8 Å². The molecule has 0 radical (unpaired) electrons. The van der Waals surface area contributed by atoms with Crippen LogP contribution in [0.1, 0.15) is 58.1 Å². The number of alkyl carbamates (subject to hydrolysis) is 1. The minimum atomic E-state index is -0.774. The molecule has 0 aromatic carbocycles. The van der Waals surface area contributed by atoms with Gasteiger partial charge in [0.25, 0.3) is 0 Å². The van der Waals surface area contributed by atoms with Crippen molar-refractivity contribution in [1.29, 1.82) is 0 Å². The van der Waals surface area contributed by atoms with Crippen LogP contribution in [0.4, 0.5) is 21.2 Å². The quantitative estimate of drug-likeness (QED) is 0.311. The van der Waals surface area contributed by atoms with E-state index in [1.54, 1.807) is 22.5 Å². The summed E-state index contributed by atoms with van der Waals surface area (Å²) >= 11 is 0. The van der Waals surface area contributed by atoms with Crippen molar-refractivity contribution in [3.63, 3.8) is 0 Å². The summed E-state index contributed by atoms with van der Waals surface area (Å²) in [4.78, 5) is 28.6. The van der Waals surface area contributed by atoms with Crippen molar-refractivity contribution in [3.8, 4) is 5.88 Å². The van der Waals surface area contributed by atoms with Crippen molar-refractivity contribution < 1.29 is 33.3 Å². The number of amides is 1. The number of aromatic nitrogens is 5. The second kappa shape index (κ2) is 13.3. The Balaban J connectivity index is 1.34. The van der Waals surface area contributed by atoms with Crippen molar-refractivity contribution in [1.82, 2.24) is 29.9 Å². The van der Waals surface area contributed by atoms with Gasteiger partial charge in [0.1, 0.15) is 11.6 Å². The van der Waals surface area contributed by atoms with Crippen LogP contribution in [-0.2, 0) is 32.7 Å². The summed E-state index contributed by atoms with van der Waals surface area (Å²) in [5.41, 5.74) is 1.61. The summed E-state index contributed by atoms with van der Waals surface area (Å²) in [5, 5.41) is 16.2. The van der Waals surface area contributed by atoms with Gasteiger partial charge in [0.2, 0.25) is 5.88 Å². The maximum atomic E-state index is 12.1. The largest absolute Gasteiger partial charge is 0.510 e. The molecule has 1 aliphatic heterocycles. The van der Waals surface area contributed by atoms with Crippen molar-refractivity contribution in [2.75, 3.05) is 31.7 Å². The van der Waals surface area contributed by atoms with Crippen LogP contribution >= 0.6 is 0 Å². The summed E-state index contributed by atoms with van der Waals surface area (Å²) < 4.78 is 30.7. The van der Waals surface area contributed by atoms with Crippen molar-refractivity contribution in [2.24, 2.45) is 13.0 Å². The van der Waals surface area contributed by atoms with Gasteiger partial charge in [-0.2, -0.15) is 5.10 Å². The zero-order valence-electron chi connectivity index (χ0n) is 24.5. The molecule has 0 bridgehead atoms. The van der Waals surface area contributed by atoms with Crippen LogP contribution in [0.5, 0.6) is 5.88 Å². The van der Waals surface area contributed by atoms with Gasteiger partial charge < -0.3 is 34.3 Å². The number of carbonyl (C=O) groups is 2. The standard InChI is InChI=1S/C28H39N7O7/c1-5-39-28(37)41-16-35-22(19-6-7-20(12-19)42-27(36)30-17(2)3)13-23(32-35)31-25-24-21(8-10-29-25)26(33-34(24)4)40-15-18-9-11-38-14-18/h8,10,13,17-20H,5-7,9,11-12,14-16H2,1-4H3,(H,30,36)(H,29,31,32). The van der Waals surface area contributed by atoms with E-state index in [0.29, 0.717) is 49.5 Å². The molecular formula is C28H39N7O7. The lowest BCUT2D eigenvalue weighted by Crippen LogP contribution is -2.33. The first-order chi connectivity index (χ1) is 20.3. The number of ether oxygens (including phenoxy) is 5. The first-order valence-corrected chi connectivity index (χ1v) is 14.4. The van der Waals surface area contributed by atoms with Crippen LogP contribution in [0.15, 0.2) is 18.3 Å². The molecule has 14 heteroatoms. The van der Waals surface area contributed by atoms with E-state index in [4.69, 9.17) is 23.7 Å². The molecule has 4 heterocycles. The Morgan fingerprint density at radius 3 is 2.81 bits per heavy atom. The first kappa shape index (κ1) is 29.4. The normalized spacial score (nSPS) is 20.2. The van der Waals surface area contributed by atoms with E-state index in [2.05, 4.69) is 25.8 Å². The molecule has 5 rings (SSSR count). The molecule has 2 fully saturated rings. The summed E-state index contributed by atoms with van der Waals surface area (Å²) in [6, 6.07) is 3.77. The predicted molar refractivity (Wildman–Crippen MR) is 152 cm³/mol. The van der Waals surface area contributed by atoms with E-state index >= 15 is 0 Å². The molecule has 1 amide bonds. The lowest BCUT2D eigenvalue weighted by Gasteiger charge is -2.15. The van der Waals surface area contributed by atoms with Crippen molar-refractivity contribution in [3.05, 3.63) is 24.0 Å². The number of nitrogens with one attached hydrogen (secondary N) is 2. The van der Waals surface area contributed by atoms with Gasteiger partial charge in [0.15, 0.2) is 18.4 Å². The fourth-order valence-corrected chi connectivity index (χ4v) is 5.36. The number of aryl methyl sites for hydroxylation is 1. The number of rotatable bonds is 11. The number of carbonyl (C=O) groups excluding carboxylic acids is 2. The maximum Gasteiger partial charge on any atom is 0.510 e. The average molecular weight is 586 g/mol. The van der Waals surface area contributed by atoms with Crippen molar-refractivity contribution in [2.45, 2.75) is 71.2 Å². The van der Waals surface area contributed by atoms with Gasteiger partial charge in [-0.3, -0.25) is 4.68 Å². The fraction of sp³-hybridized carbons (Fsp3) is 0.607. The molecule has 3 aromatic heterocycles. The summed E-state index contributed by atoms with van der Waals surface area (Å²) in [7, 11) is 1.84. The number of hydrogen-bond donors (Lipinski definition) is 2. The molecule has 3 aromatic rings. The topological polar surface area (TPSA) is 153 Å². The van der Waals surface area contributed by atoms with E-state index < -0.39 is 12.2 Å². The van der Waals surface area contributed by atoms with Crippen LogP contribution in [0.3, 0.4) is 0 Å². The molecule has 14 nitrogen and oxygen atoms in total. The number of anilines is 2. The molecule has 1 saturated carbocycles. The highest BCUT2D eigenvalue weighted by Gasteiger charge is 2.32. The van der Waals surface area contributed by atoms with Gasteiger partial charge in [-0.1, -0.05) is 0 Å². The lowest BCUT2D eigenvalue weighted by molar-refractivity contribution is 0.0323. The zero-order chi connectivity index (χ0) is 29.6. The molecule has 0 spiro atoms. The Kier molecular flexibility index (Phi) is 9.30. The number of pyridine rings is 1. The minimum Gasteiger partial charge on any atom is -0.476 e. The molecular weight excluding hydrogens is 546 g/mol. The molecule has 2 N–H and O–H groups in total. The van der Waals surface area contributed by atoms with E-state index in [9.17, 15) is 9.59 Å². The highest BCUT2D eigenvalue weighted by molar-refractivity contribution is 5.93. The zero-order valence-corrected chi connectivity index (χ0v) is 24.5. The smallest absolute Gasteiger partial charge is 0.476 e. The van der Waals surface area contributed by atoms with E-state index in [-0.39, 0.29) is 31.4 Å². The number of fused-ring (bicyclic) bond motifs is 1. The van der Waals surface area contributed by atoms with Gasteiger partial charge in [-0.05, 0) is 52.5 Å². The Morgan fingerprint density at radius 1 is 1.19 bits per heavy atom. The van der Waals surface area contributed by atoms with Gasteiger partial charge in [-0.15, -0.1) is 5.10 Å². The second-order valence-electron chi connectivity index (χ2n) is 10.9. The molecule has 1 saturated heterocycles. The highest BCUT2D eigenvalue weighted by atomic mass is 16.7. The molecule has 3 unspecified atom stereocenters. The third kappa shape index (κ3) is 7.04. The summed E-state index contributed by atoms with van der Waals surface area (Å²) in [5.74, 6) is 2.01. The van der Waals surface area contributed by atoms with Gasteiger partial charge in [0, 0.05) is 49.5 Å². The van der Waals surface area contributed by atoms with E-state index in [1.165, 1.54) is 0 Å². The predicted octanol–water partition coefficient (Wildman–Crippen LogP) is 4.23. The van der Waals surface area contributed by atoms with Crippen LogP contribution in [-0.4, -0.2) is 75.4 Å². The third-order valence-electron chi connectivity index (χ3n) is 7.31. The highest BCUT2D eigenvalue weighted by Crippen LogP contribution is 2.38. The second-order valence-corrected chi connectivity index (χ2v) is 10.9. The van der Waals surface area contributed by atoms with Crippen LogP contribution in [0.25, 0.3) is 10.9 Å². The fourth-order valence-electron chi connectivity index (χ4n) is 5.36. The maximum absolute atomic E-state index is 12.1. The average Bonchev–Trinajstić information content (AvgIpc) is 3.74. The Hall–Kier alpha value is -4.07. The summed E-state index contributed by atoms with van der Waals surface area (Å²) in [6.45, 7) is 7.56.